The highest BCUT2D eigenvalue weighted by Gasteiger charge is 2.19. The maximum atomic E-state index is 11.3. The van der Waals surface area contributed by atoms with E-state index in [0.717, 1.165) is 10.2 Å². The van der Waals surface area contributed by atoms with Crippen molar-refractivity contribution in [1.82, 2.24) is 9.97 Å². The first-order valence-electron chi connectivity index (χ1n) is 4.89. The van der Waals surface area contributed by atoms with Gasteiger partial charge >= 0.3 is 5.97 Å². The van der Waals surface area contributed by atoms with Crippen LogP contribution in [0.25, 0.3) is 10.2 Å². The molecule has 2 heterocycles. The summed E-state index contributed by atoms with van der Waals surface area (Å²) in [7, 11) is 1.27. The van der Waals surface area contributed by atoms with Gasteiger partial charge in [-0.2, -0.15) is 0 Å². The number of thiophene rings is 1. The van der Waals surface area contributed by atoms with Gasteiger partial charge in [0.15, 0.2) is 0 Å². The Morgan fingerprint density at radius 2 is 2.47 bits per heavy atom. The van der Waals surface area contributed by atoms with E-state index < -0.39 is 12.0 Å². The smallest absolute Gasteiger partial charge is 0.330 e. The van der Waals surface area contributed by atoms with Gasteiger partial charge in [-0.25, -0.2) is 14.8 Å². The Balaban J connectivity index is 2.28. The number of ether oxygens (including phenoxy) is 1. The Kier molecular flexibility index (Phi) is 3.50. The number of hydrogen-bond donors (Lipinski definition) is 2. The molecule has 1 atom stereocenters. The van der Waals surface area contributed by atoms with Crippen LogP contribution in [0.15, 0.2) is 17.8 Å². The topological polar surface area (TPSA) is 84.3 Å². The minimum atomic E-state index is -0.821. The molecule has 2 N–H and O–H groups in total. The molecule has 0 radical (unpaired) electrons. The summed E-state index contributed by atoms with van der Waals surface area (Å²) < 4.78 is 4.57. The number of methoxy groups -OCH3 is 1. The number of nitrogens with one attached hydrogen (secondary N) is 1. The van der Waals surface area contributed by atoms with E-state index in [9.17, 15) is 4.79 Å². The van der Waals surface area contributed by atoms with E-state index in [0.29, 0.717) is 5.82 Å². The summed E-state index contributed by atoms with van der Waals surface area (Å²) in [5, 5.41) is 14.7. The zero-order valence-electron chi connectivity index (χ0n) is 9.08. The fraction of sp³-hybridized carbons (Fsp3) is 0.300. The molecule has 0 amide bonds. The average Bonchev–Trinajstić information content (AvgIpc) is 2.83. The first-order valence-corrected chi connectivity index (χ1v) is 5.77. The minimum Gasteiger partial charge on any atom is -0.467 e. The number of esters is 1. The molecule has 0 spiro atoms. The van der Waals surface area contributed by atoms with Crippen LogP contribution in [0.1, 0.15) is 0 Å². The van der Waals surface area contributed by atoms with E-state index >= 15 is 0 Å². The van der Waals surface area contributed by atoms with Crippen LogP contribution in [0.4, 0.5) is 5.82 Å². The van der Waals surface area contributed by atoms with Crippen molar-refractivity contribution in [2.45, 2.75) is 6.04 Å². The second kappa shape index (κ2) is 5.07. The fourth-order valence-corrected chi connectivity index (χ4v) is 2.12. The van der Waals surface area contributed by atoms with Crippen LogP contribution in [0.3, 0.4) is 0 Å². The number of aliphatic hydroxyl groups is 1. The van der Waals surface area contributed by atoms with Gasteiger partial charge in [-0.15, -0.1) is 11.3 Å². The first-order chi connectivity index (χ1) is 8.26. The quantitative estimate of drug-likeness (QED) is 0.778. The number of anilines is 1. The highest BCUT2D eigenvalue weighted by molar-refractivity contribution is 7.16. The number of carbonyl (C=O) groups is 1. The Morgan fingerprint density at radius 3 is 3.18 bits per heavy atom. The molecule has 6 nitrogen and oxygen atoms in total. The molecule has 0 aliphatic heterocycles. The third kappa shape index (κ3) is 2.34. The van der Waals surface area contributed by atoms with Gasteiger partial charge < -0.3 is 15.2 Å². The second-order valence-corrected chi connectivity index (χ2v) is 4.16. The minimum absolute atomic E-state index is 0.359. The van der Waals surface area contributed by atoms with Crippen molar-refractivity contribution < 1.29 is 14.6 Å². The van der Waals surface area contributed by atoms with Crippen LogP contribution in [-0.2, 0) is 9.53 Å². The van der Waals surface area contributed by atoms with Crippen LogP contribution >= 0.6 is 11.3 Å². The third-order valence-electron chi connectivity index (χ3n) is 2.24. The van der Waals surface area contributed by atoms with Gasteiger partial charge in [0.05, 0.1) is 19.1 Å². The Hall–Kier alpha value is -1.73. The average molecular weight is 253 g/mol. The van der Waals surface area contributed by atoms with Crippen LogP contribution in [0.2, 0.25) is 0 Å². The summed E-state index contributed by atoms with van der Waals surface area (Å²) in [6, 6.07) is 1.03. The van der Waals surface area contributed by atoms with Gasteiger partial charge in [-0.3, -0.25) is 0 Å². The van der Waals surface area contributed by atoms with E-state index in [1.54, 1.807) is 0 Å². The van der Waals surface area contributed by atoms with E-state index in [1.807, 2.05) is 11.4 Å². The first kappa shape index (κ1) is 11.7. The number of carbonyl (C=O) groups excluding carboxylic acids is 1. The van der Waals surface area contributed by atoms with Gasteiger partial charge in [0.1, 0.15) is 23.0 Å². The van der Waals surface area contributed by atoms with Gasteiger partial charge in [0.25, 0.3) is 0 Å². The van der Waals surface area contributed by atoms with Crippen LogP contribution in [-0.4, -0.2) is 40.8 Å². The number of nitrogens with zero attached hydrogens (tertiary/aromatic N) is 2. The molecule has 0 saturated heterocycles. The predicted molar refractivity (Wildman–Crippen MR) is 63.9 cm³/mol. The summed E-state index contributed by atoms with van der Waals surface area (Å²) >= 11 is 1.48. The van der Waals surface area contributed by atoms with Crippen LogP contribution in [0.5, 0.6) is 0 Å². The molecular formula is C10H11N3O3S. The van der Waals surface area contributed by atoms with E-state index in [4.69, 9.17) is 5.11 Å². The highest BCUT2D eigenvalue weighted by Crippen LogP contribution is 2.24. The third-order valence-corrected chi connectivity index (χ3v) is 3.06. The number of hydrogen-bond acceptors (Lipinski definition) is 7. The van der Waals surface area contributed by atoms with E-state index in [2.05, 4.69) is 20.0 Å². The molecule has 0 saturated carbocycles. The number of rotatable bonds is 4. The summed E-state index contributed by atoms with van der Waals surface area (Å²) in [4.78, 5) is 20.3. The lowest BCUT2D eigenvalue weighted by atomic mass is 10.3. The monoisotopic (exact) mass is 253 g/mol. The predicted octanol–water partition coefficient (Wildman–Crippen LogP) is 0.637. The molecule has 2 aromatic heterocycles. The summed E-state index contributed by atoms with van der Waals surface area (Å²) in [5.41, 5.74) is 0. The van der Waals surface area contributed by atoms with Gasteiger partial charge in [0, 0.05) is 0 Å². The van der Waals surface area contributed by atoms with Crippen molar-refractivity contribution in [1.29, 1.82) is 0 Å². The molecule has 0 aromatic carbocycles. The molecule has 90 valence electrons. The lowest BCUT2D eigenvalue weighted by Gasteiger charge is -2.14. The maximum absolute atomic E-state index is 11.3. The molecular weight excluding hydrogens is 242 g/mol. The van der Waals surface area contributed by atoms with Crippen molar-refractivity contribution >= 4 is 33.3 Å². The lowest BCUT2D eigenvalue weighted by Crippen LogP contribution is -2.34. The van der Waals surface area contributed by atoms with Crippen molar-refractivity contribution in [3.8, 4) is 0 Å². The van der Waals surface area contributed by atoms with Crippen molar-refractivity contribution in [2.75, 3.05) is 19.0 Å². The summed E-state index contributed by atoms with van der Waals surface area (Å²) in [6.07, 6.45) is 1.41. The Labute approximate surface area is 101 Å². The number of fused-ring (bicyclic) bond motifs is 1. The fourth-order valence-electron chi connectivity index (χ4n) is 1.39. The number of aromatic nitrogens is 2. The molecule has 17 heavy (non-hydrogen) atoms. The number of aliphatic hydroxyl groups excluding tert-OH is 1. The standard InChI is InChI=1S/C10H11N3O3S/c1-16-10(15)7(4-14)13-8-6-2-3-17-9(6)12-5-11-8/h2-3,5,7,14H,4H2,1H3,(H,11,12,13). The molecule has 2 aromatic rings. The zero-order chi connectivity index (χ0) is 12.3. The molecule has 0 fully saturated rings. The molecule has 7 heteroatoms. The molecule has 1 unspecified atom stereocenters. The normalized spacial score (nSPS) is 12.4. The molecule has 0 aliphatic carbocycles. The molecule has 0 bridgehead atoms. The molecule has 2 rings (SSSR count). The second-order valence-electron chi connectivity index (χ2n) is 3.26. The maximum Gasteiger partial charge on any atom is 0.330 e. The lowest BCUT2D eigenvalue weighted by molar-refractivity contribution is -0.142. The van der Waals surface area contributed by atoms with Crippen molar-refractivity contribution in [2.24, 2.45) is 0 Å². The molecule has 0 aliphatic rings. The summed E-state index contributed by atoms with van der Waals surface area (Å²) in [6.45, 7) is -0.359. The van der Waals surface area contributed by atoms with Gasteiger partial charge in [0.2, 0.25) is 0 Å². The van der Waals surface area contributed by atoms with E-state index in [-0.39, 0.29) is 6.61 Å². The SMILES string of the molecule is COC(=O)C(CO)Nc1ncnc2sccc12. The van der Waals surface area contributed by atoms with Crippen molar-refractivity contribution in [3.63, 3.8) is 0 Å². The van der Waals surface area contributed by atoms with Gasteiger partial charge in [-0.1, -0.05) is 0 Å². The summed E-state index contributed by atoms with van der Waals surface area (Å²) in [5.74, 6) is -0.0183. The van der Waals surface area contributed by atoms with E-state index in [1.165, 1.54) is 24.8 Å². The highest BCUT2D eigenvalue weighted by atomic mass is 32.1. The van der Waals surface area contributed by atoms with Gasteiger partial charge in [-0.05, 0) is 11.4 Å². The largest absolute Gasteiger partial charge is 0.467 e. The zero-order valence-corrected chi connectivity index (χ0v) is 9.90. The van der Waals surface area contributed by atoms with Crippen LogP contribution < -0.4 is 5.32 Å². The Bertz CT molecular complexity index is 528. The van der Waals surface area contributed by atoms with Crippen molar-refractivity contribution in [3.05, 3.63) is 17.8 Å². The van der Waals surface area contributed by atoms with Crippen LogP contribution in [0, 0.1) is 0 Å². The Morgan fingerprint density at radius 1 is 1.65 bits per heavy atom.